The van der Waals surface area contributed by atoms with E-state index in [4.69, 9.17) is 11.6 Å². The molecule has 0 saturated carbocycles. The van der Waals surface area contributed by atoms with Gasteiger partial charge in [-0.1, -0.05) is 41.6 Å². The number of carbonyl (C=O) groups excluding carboxylic acids is 1. The summed E-state index contributed by atoms with van der Waals surface area (Å²) in [6, 6.07) is 13.7. The van der Waals surface area contributed by atoms with Crippen molar-refractivity contribution < 1.29 is 4.79 Å². The molecule has 0 fully saturated rings. The molecule has 0 bridgehead atoms. The molecule has 0 spiro atoms. The van der Waals surface area contributed by atoms with Gasteiger partial charge in [0, 0.05) is 17.6 Å². The van der Waals surface area contributed by atoms with Crippen LogP contribution in [0.2, 0.25) is 5.02 Å². The van der Waals surface area contributed by atoms with E-state index in [1.54, 1.807) is 0 Å². The number of nitrogens with one attached hydrogen (secondary N) is 1. The lowest BCUT2D eigenvalue weighted by molar-refractivity contribution is -0.119. The number of hydrogen-bond acceptors (Lipinski definition) is 4. The second kappa shape index (κ2) is 8.80. The normalized spacial score (nSPS) is 12.0. The first-order chi connectivity index (χ1) is 13.3. The quantitative estimate of drug-likeness (QED) is 0.593. The van der Waals surface area contributed by atoms with Crippen LogP contribution in [0, 0.1) is 13.8 Å². The summed E-state index contributed by atoms with van der Waals surface area (Å²) in [6.45, 7) is 6.15. The van der Waals surface area contributed by atoms with Crippen LogP contribution in [0.15, 0.2) is 47.6 Å². The van der Waals surface area contributed by atoms with Crippen molar-refractivity contribution in [2.45, 2.75) is 32.0 Å². The lowest BCUT2D eigenvalue weighted by Gasteiger charge is -2.15. The van der Waals surface area contributed by atoms with Crippen molar-refractivity contribution in [3.05, 3.63) is 64.2 Å². The highest BCUT2D eigenvalue weighted by molar-refractivity contribution is 7.99. The molecule has 1 heterocycles. The molecule has 5 nitrogen and oxygen atoms in total. The fourth-order valence-electron chi connectivity index (χ4n) is 2.82. The molecule has 0 radical (unpaired) electrons. The molecular weight excluding hydrogens is 392 g/mol. The highest BCUT2D eigenvalue weighted by Gasteiger charge is 2.15. The Morgan fingerprint density at radius 3 is 2.54 bits per heavy atom. The van der Waals surface area contributed by atoms with Crippen LogP contribution >= 0.6 is 23.4 Å². The van der Waals surface area contributed by atoms with Crippen molar-refractivity contribution in [1.29, 1.82) is 0 Å². The first-order valence-electron chi connectivity index (χ1n) is 9.00. The van der Waals surface area contributed by atoms with Crippen LogP contribution in [0.3, 0.4) is 0 Å². The highest BCUT2D eigenvalue weighted by Crippen LogP contribution is 2.24. The summed E-state index contributed by atoms with van der Waals surface area (Å²) in [5.41, 5.74) is 4.50. The summed E-state index contributed by atoms with van der Waals surface area (Å²) in [5, 5.41) is 12.9. The van der Waals surface area contributed by atoms with Crippen molar-refractivity contribution in [2.24, 2.45) is 7.05 Å². The zero-order chi connectivity index (χ0) is 20.3. The van der Waals surface area contributed by atoms with Crippen LogP contribution in [0.25, 0.3) is 11.4 Å². The number of benzene rings is 2. The summed E-state index contributed by atoms with van der Waals surface area (Å²) in [4.78, 5) is 12.4. The molecule has 1 N–H and O–H groups in total. The van der Waals surface area contributed by atoms with Gasteiger partial charge in [-0.05, 0) is 61.7 Å². The van der Waals surface area contributed by atoms with Gasteiger partial charge >= 0.3 is 0 Å². The van der Waals surface area contributed by atoms with E-state index < -0.39 is 0 Å². The van der Waals surface area contributed by atoms with Crippen molar-refractivity contribution in [1.82, 2.24) is 20.1 Å². The monoisotopic (exact) mass is 414 g/mol. The van der Waals surface area contributed by atoms with E-state index >= 15 is 0 Å². The maximum absolute atomic E-state index is 12.4. The second-order valence-electron chi connectivity index (χ2n) is 6.79. The Labute approximate surface area is 174 Å². The van der Waals surface area contributed by atoms with Gasteiger partial charge in [0.15, 0.2) is 11.0 Å². The third kappa shape index (κ3) is 4.75. The van der Waals surface area contributed by atoms with Gasteiger partial charge in [0.2, 0.25) is 5.91 Å². The first kappa shape index (κ1) is 20.4. The number of amides is 1. The Morgan fingerprint density at radius 1 is 1.14 bits per heavy atom. The fraction of sp³-hybridized carbons (Fsp3) is 0.286. The molecule has 2 aromatic carbocycles. The van der Waals surface area contributed by atoms with Gasteiger partial charge in [0.25, 0.3) is 0 Å². The smallest absolute Gasteiger partial charge is 0.230 e. The van der Waals surface area contributed by atoms with Crippen molar-refractivity contribution in [2.75, 3.05) is 5.75 Å². The Kier molecular flexibility index (Phi) is 6.42. The number of aromatic nitrogens is 3. The predicted octanol–water partition coefficient (Wildman–Crippen LogP) is 4.72. The van der Waals surface area contributed by atoms with Crippen LogP contribution in [0.5, 0.6) is 0 Å². The van der Waals surface area contributed by atoms with Crippen LogP contribution in [-0.4, -0.2) is 26.4 Å². The lowest BCUT2D eigenvalue weighted by Crippen LogP contribution is -2.28. The summed E-state index contributed by atoms with van der Waals surface area (Å²) in [5.74, 6) is 0.983. The number of rotatable bonds is 6. The predicted molar refractivity (Wildman–Crippen MR) is 115 cm³/mol. The first-order valence-corrected chi connectivity index (χ1v) is 10.4. The molecule has 1 aromatic heterocycles. The Hall–Kier alpha value is -2.31. The third-order valence-electron chi connectivity index (χ3n) is 4.68. The molecular formula is C21H23ClN4OS. The number of carbonyl (C=O) groups is 1. The molecule has 0 aliphatic carbocycles. The highest BCUT2D eigenvalue weighted by atomic mass is 35.5. The number of thioether (sulfide) groups is 1. The van der Waals surface area contributed by atoms with E-state index in [0.717, 1.165) is 17.0 Å². The molecule has 3 aromatic rings. The average Bonchev–Trinajstić information content (AvgIpc) is 3.03. The fourth-order valence-corrected chi connectivity index (χ4v) is 3.67. The van der Waals surface area contributed by atoms with Gasteiger partial charge in [-0.15, -0.1) is 10.2 Å². The minimum Gasteiger partial charge on any atom is -0.349 e. The molecule has 0 saturated heterocycles. The minimum atomic E-state index is -0.0449. The van der Waals surface area contributed by atoms with E-state index in [0.29, 0.717) is 10.2 Å². The molecule has 146 valence electrons. The van der Waals surface area contributed by atoms with E-state index in [9.17, 15) is 4.79 Å². The van der Waals surface area contributed by atoms with Crippen LogP contribution in [-0.2, 0) is 11.8 Å². The minimum absolute atomic E-state index is 0.0354. The van der Waals surface area contributed by atoms with Gasteiger partial charge in [0.05, 0.1) is 11.8 Å². The van der Waals surface area contributed by atoms with Gasteiger partial charge < -0.3 is 9.88 Å². The van der Waals surface area contributed by atoms with Gasteiger partial charge in [0.1, 0.15) is 0 Å². The number of nitrogens with zero attached hydrogens (tertiary/aromatic N) is 3. The molecule has 1 amide bonds. The maximum atomic E-state index is 12.4. The summed E-state index contributed by atoms with van der Waals surface area (Å²) < 4.78 is 1.88. The summed E-state index contributed by atoms with van der Waals surface area (Å²) >= 11 is 7.31. The Bertz CT molecular complexity index is 985. The Morgan fingerprint density at radius 2 is 1.86 bits per heavy atom. The van der Waals surface area contributed by atoms with E-state index in [2.05, 4.69) is 47.6 Å². The van der Waals surface area contributed by atoms with E-state index in [1.165, 1.54) is 22.9 Å². The van der Waals surface area contributed by atoms with Crippen LogP contribution in [0.1, 0.15) is 29.7 Å². The van der Waals surface area contributed by atoms with Crippen LogP contribution in [0.4, 0.5) is 0 Å². The van der Waals surface area contributed by atoms with Gasteiger partial charge in [-0.2, -0.15) is 0 Å². The third-order valence-corrected chi connectivity index (χ3v) is 5.95. The van der Waals surface area contributed by atoms with Crippen molar-refractivity contribution in [3.63, 3.8) is 0 Å². The number of halogens is 1. The van der Waals surface area contributed by atoms with Crippen LogP contribution < -0.4 is 5.32 Å². The zero-order valence-corrected chi connectivity index (χ0v) is 17.9. The van der Waals surface area contributed by atoms with Crippen molar-refractivity contribution >= 4 is 29.3 Å². The Balaban J connectivity index is 1.60. The second-order valence-corrected chi connectivity index (χ2v) is 8.17. The van der Waals surface area contributed by atoms with Crippen molar-refractivity contribution in [3.8, 4) is 11.4 Å². The zero-order valence-electron chi connectivity index (χ0n) is 16.4. The standard InChI is InChI=1S/C21H23ClN4OS/c1-13-5-6-17(11-14(13)2)15(3)23-19(27)12-28-21-25-24-20(26(21)4)16-7-9-18(22)10-8-16/h5-11,15H,12H2,1-4H3,(H,23,27). The van der Waals surface area contributed by atoms with Gasteiger partial charge in [-0.3, -0.25) is 4.79 Å². The summed E-state index contributed by atoms with van der Waals surface area (Å²) in [7, 11) is 1.89. The molecule has 1 unspecified atom stereocenters. The average molecular weight is 415 g/mol. The molecule has 0 aliphatic heterocycles. The molecule has 0 aliphatic rings. The lowest BCUT2D eigenvalue weighted by atomic mass is 10.0. The largest absolute Gasteiger partial charge is 0.349 e. The molecule has 28 heavy (non-hydrogen) atoms. The number of aryl methyl sites for hydroxylation is 2. The summed E-state index contributed by atoms with van der Waals surface area (Å²) in [6.07, 6.45) is 0. The number of hydrogen-bond donors (Lipinski definition) is 1. The topological polar surface area (TPSA) is 59.8 Å². The maximum Gasteiger partial charge on any atom is 0.230 e. The SMILES string of the molecule is Cc1ccc(C(C)NC(=O)CSc2nnc(-c3ccc(Cl)cc3)n2C)cc1C. The molecule has 3 rings (SSSR count). The van der Waals surface area contributed by atoms with E-state index in [1.807, 2.05) is 42.8 Å². The van der Waals surface area contributed by atoms with Gasteiger partial charge in [-0.25, -0.2) is 0 Å². The molecule has 1 atom stereocenters. The molecule has 7 heteroatoms. The van der Waals surface area contributed by atoms with E-state index in [-0.39, 0.29) is 17.7 Å².